The highest BCUT2D eigenvalue weighted by atomic mass is 79.9. The Bertz CT molecular complexity index is 934. The lowest BCUT2D eigenvalue weighted by molar-refractivity contribution is -0.163. The number of rotatable bonds is 8. The number of carbonyl (C=O) groups excluding carboxylic acids is 2. The zero-order chi connectivity index (χ0) is 24.1. The summed E-state index contributed by atoms with van der Waals surface area (Å²) in [6.07, 6.45) is 5.95. The predicted octanol–water partition coefficient (Wildman–Crippen LogP) is 4.89. The van der Waals surface area contributed by atoms with Crippen LogP contribution in [0.3, 0.4) is 0 Å². The van der Waals surface area contributed by atoms with Crippen molar-refractivity contribution in [3.63, 3.8) is 0 Å². The number of halogens is 3. The molecular formula is C25H32BrF2N3O3. The molecule has 9 heteroatoms. The Kier molecular flexibility index (Phi) is 6.46. The summed E-state index contributed by atoms with van der Waals surface area (Å²) in [5, 5.41) is 2.92. The molecule has 1 spiro atoms. The van der Waals surface area contributed by atoms with Crippen LogP contribution in [0.1, 0.15) is 51.9 Å². The maximum absolute atomic E-state index is 14.6. The first kappa shape index (κ1) is 24.1. The minimum absolute atomic E-state index is 0.0482. The second-order valence-electron chi connectivity index (χ2n) is 10.7. The molecule has 186 valence electrons. The average molecular weight is 540 g/mol. The minimum Gasteiger partial charge on any atom is -0.462 e. The Labute approximate surface area is 207 Å². The first-order valence-corrected chi connectivity index (χ1v) is 13.2. The number of aromatic nitrogens is 1. The van der Waals surface area contributed by atoms with E-state index in [1.54, 1.807) is 30.2 Å². The van der Waals surface area contributed by atoms with Crippen molar-refractivity contribution in [2.75, 3.05) is 25.0 Å². The molecule has 0 radical (unpaired) electrons. The maximum Gasteiger partial charge on any atom is 0.310 e. The number of hydrogen-bond acceptors (Lipinski definition) is 5. The number of hydrogen-bond donors (Lipinski definition) is 1. The van der Waals surface area contributed by atoms with Gasteiger partial charge in [-0.25, -0.2) is 13.8 Å². The molecule has 1 saturated heterocycles. The molecule has 1 unspecified atom stereocenters. The Morgan fingerprint density at radius 2 is 1.91 bits per heavy atom. The fraction of sp³-hybridized carbons (Fsp3) is 0.720. The number of likely N-dealkylation sites (tertiary alicyclic amines) is 1. The monoisotopic (exact) mass is 539 g/mol. The van der Waals surface area contributed by atoms with Gasteiger partial charge in [-0.2, -0.15) is 0 Å². The molecule has 1 aliphatic heterocycles. The van der Waals surface area contributed by atoms with Gasteiger partial charge in [0.05, 0.1) is 30.3 Å². The number of pyridine rings is 1. The fourth-order valence-corrected chi connectivity index (χ4v) is 7.31. The van der Waals surface area contributed by atoms with Crippen LogP contribution < -0.4 is 5.32 Å². The fourth-order valence-electron chi connectivity index (χ4n) is 7.07. The van der Waals surface area contributed by atoms with Crippen molar-refractivity contribution in [3.8, 4) is 0 Å². The van der Waals surface area contributed by atoms with E-state index >= 15 is 0 Å². The molecule has 3 aliphatic carbocycles. The zero-order valence-corrected chi connectivity index (χ0v) is 21.0. The van der Waals surface area contributed by atoms with Gasteiger partial charge in [0.25, 0.3) is 5.92 Å². The number of alkyl halides is 2. The Morgan fingerprint density at radius 3 is 2.53 bits per heavy atom. The van der Waals surface area contributed by atoms with E-state index in [4.69, 9.17) is 4.74 Å². The highest BCUT2D eigenvalue weighted by molar-refractivity contribution is 9.10. The van der Waals surface area contributed by atoms with Crippen molar-refractivity contribution in [2.24, 2.45) is 29.1 Å². The number of carbonyl (C=O) groups is 2. The SMILES string of the molecule is CC(CC(F)(F)CN1CCCC1)OC(=O)[C@H]1[C@H](C(=O)Nc2ccc(Br)nc2)[C@@H]2CC[C@H]1C21CC1. The molecule has 5 atom stereocenters. The van der Waals surface area contributed by atoms with Gasteiger partial charge >= 0.3 is 5.97 Å². The summed E-state index contributed by atoms with van der Waals surface area (Å²) in [6, 6.07) is 3.50. The van der Waals surface area contributed by atoms with Gasteiger partial charge in [0.2, 0.25) is 5.91 Å². The van der Waals surface area contributed by atoms with Crippen molar-refractivity contribution in [3.05, 3.63) is 22.9 Å². The van der Waals surface area contributed by atoms with Crippen LogP contribution in [0.5, 0.6) is 0 Å². The lowest BCUT2D eigenvalue weighted by Gasteiger charge is -2.30. The van der Waals surface area contributed by atoms with Crippen LogP contribution in [0.15, 0.2) is 22.9 Å². The summed E-state index contributed by atoms with van der Waals surface area (Å²) < 4.78 is 35.5. The molecule has 0 aromatic carbocycles. The van der Waals surface area contributed by atoms with Gasteiger partial charge in [0.15, 0.2) is 0 Å². The highest BCUT2D eigenvalue weighted by Crippen LogP contribution is 2.74. The predicted molar refractivity (Wildman–Crippen MR) is 126 cm³/mol. The van der Waals surface area contributed by atoms with Gasteiger partial charge in [-0.05, 0) is 104 Å². The van der Waals surface area contributed by atoms with Gasteiger partial charge < -0.3 is 10.1 Å². The van der Waals surface area contributed by atoms with Crippen molar-refractivity contribution < 1.29 is 23.1 Å². The Hall–Kier alpha value is -1.61. The molecule has 3 saturated carbocycles. The topological polar surface area (TPSA) is 71.5 Å². The lowest BCUT2D eigenvalue weighted by Crippen LogP contribution is -2.41. The second-order valence-corrected chi connectivity index (χ2v) is 11.5. The highest BCUT2D eigenvalue weighted by Gasteiger charge is 2.72. The molecule has 1 N–H and O–H groups in total. The van der Waals surface area contributed by atoms with E-state index in [0.29, 0.717) is 23.4 Å². The zero-order valence-electron chi connectivity index (χ0n) is 19.4. The molecule has 4 fully saturated rings. The van der Waals surface area contributed by atoms with Crippen LogP contribution in [0.4, 0.5) is 14.5 Å². The van der Waals surface area contributed by atoms with Crippen molar-refractivity contribution >= 4 is 33.5 Å². The van der Waals surface area contributed by atoms with Crippen LogP contribution >= 0.6 is 15.9 Å². The normalized spacial score (nSPS) is 30.5. The molecule has 4 aliphatic rings. The molecule has 5 rings (SSSR count). The van der Waals surface area contributed by atoms with Gasteiger partial charge in [-0.15, -0.1) is 0 Å². The second kappa shape index (κ2) is 9.12. The van der Waals surface area contributed by atoms with E-state index in [1.165, 1.54) is 0 Å². The molecule has 34 heavy (non-hydrogen) atoms. The summed E-state index contributed by atoms with van der Waals surface area (Å²) in [5.74, 6) is -4.42. The van der Waals surface area contributed by atoms with Crippen LogP contribution in [-0.2, 0) is 14.3 Å². The molecule has 2 heterocycles. The smallest absolute Gasteiger partial charge is 0.310 e. The van der Waals surface area contributed by atoms with E-state index in [2.05, 4.69) is 26.2 Å². The Balaban J connectivity index is 1.26. The quantitative estimate of drug-likeness (QED) is 0.376. The summed E-state index contributed by atoms with van der Waals surface area (Å²) in [7, 11) is 0. The minimum atomic E-state index is -2.91. The molecule has 1 aromatic rings. The third-order valence-corrected chi connectivity index (χ3v) is 8.94. The first-order chi connectivity index (χ1) is 16.2. The summed E-state index contributed by atoms with van der Waals surface area (Å²) in [6.45, 7) is 2.64. The third kappa shape index (κ3) is 4.62. The van der Waals surface area contributed by atoms with Gasteiger partial charge in [0.1, 0.15) is 10.7 Å². The van der Waals surface area contributed by atoms with Crippen LogP contribution in [-0.4, -0.2) is 53.4 Å². The number of anilines is 1. The number of amides is 1. The number of nitrogens with one attached hydrogen (secondary N) is 1. The lowest BCUT2D eigenvalue weighted by atomic mass is 9.78. The van der Waals surface area contributed by atoms with Gasteiger partial charge in [-0.3, -0.25) is 14.5 Å². The molecular weight excluding hydrogens is 508 g/mol. The summed E-state index contributed by atoms with van der Waals surface area (Å²) in [4.78, 5) is 32.6. The van der Waals surface area contributed by atoms with Crippen LogP contribution in [0.2, 0.25) is 0 Å². The molecule has 6 nitrogen and oxygen atoms in total. The van der Waals surface area contributed by atoms with Crippen molar-refractivity contribution in [1.29, 1.82) is 0 Å². The van der Waals surface area contributed by atoms with Gasteiger partial charge in [0, 0.05) is 6.42 Å². The average Bonchev–Trinajstić information content (AvgIpc) is 3.15. The molecule has 2 bridgehead atoms. The van der Waals surface area contributed by atoms with Gasteiger partial charge in [-0.1, -0.05) is 0 Å². The summed E-state index contributed by atoms with van der Waals surface area (Å²) >= 11 is 3.28. The molecule has 1 aromatic heterocycles. The van der Waals surface area contributed by atoms with E-state index in [1.807, 2.05) is 0 Å². The van der Waals surface area contributed by atoms with Crippen LogP contribution in [0, 0.1) is 29.1 Å². The molecule has 1 amide bonds. The standard InChI is InChI=1S/C25H32BrF2N3O3/c1-15(12-25(27,28)14-31-10-2-3-11-31)34-23(33)21-18-6-5-17(24(18)8-9-24)20(21)22(32)30-16-4-7-19(26)29-13-16/h4,7,13,15,17-18,20-21H,2-3,5-6,8-12,14H2,1H3,(H,30,32)/t15?,17-,18+,20+,21+/m0/s1. The van der Waals surface area contributed by atoms with E-state index in [9.17, 15) is 18.4 Å². The van der Waals surface area contributed by atoms with E-state index in [0.717, 1.165) is 38.5 Å². The third-order valence-electron chi connectivity index (χ3n) is 8.47. The maximum atomic E-state index is 14.6. The van der Waals surface area contributed by atoms with E-state index in [-0.39, 0.29) is 29.7 Å². The van der Waals surface area contributed by atoms with Crippen molar-refractivity contribution in [2.45, 2.75) is 63.9 Å². The first-order valence-electron chi connectivity index (χ1n) is 12.4. The summed E-state index contributed by atoms with van der Waals surface area (Å²) in [5.41, 5.74) is 0.620. The Morgan fingerprint density at radius 1 is 1.24 bits per heavy atom. The van der Waals surface area contributed by atoms with Crippen molar-refractivity contribution in [1.82, 2.24) is 9.88 Å². The number of esters is 1. The number of nitrogens with zero attached hydrogens (tertiary/aromatic N) is 2. The largest absolute Gasteiger partial charge is 0.462 e. The van der Waals surface area contributed by atoms with E-state index < -0.39 is 36.3 Å². The number of ether oxygens (including phenoxy) is 1. The van der Waals surface area contributed by atoms with Crippen LogP contribution in [0.25, 0.3) is 0 Å².